The number of aliphatic hydroxyl groups excluding tert-OH is 3. The van der Waals surface area contributed by atoms with Crippen molar-refractivity contribution >= 4 is 5.78 Å². The average molecular weight is 393 g/mol. The van der Waals surface area contributed by atoms with Crippen molar-refractivity contribution in [3.05, 3.63) is 46.8 Å². The van der Waals surface area contributed by atoms with E-state index in [2.05, 4.69) is 19.1 Å². The number of ketones is 1. The summed E-state index contributed by atoms with van der Waals surface area (Å²) in [5.41, 5.74) is 3.10. The van der Waals surface area contributed by atoms with Crippen molar-refractivity contribution in [3.8, 4) is 0 Å². The topological polar surface area (TPSA) is 87.0 Å². The molecule has 0 heterocycles. The zero-order chi connectivity index (χ0) is 21.3. The molecule has 0 aromatic heterocycles. The van der Waals surface area contributed by atoms with E-state index in [9.17, 15) is 15.0 Å². The third-order valence-electron chi connectivity index (χ3n) is 5.31. The largest absolute Gasteiger partial charge is 0.493 e. The van der Waals surface area contributed by atoms with Gasteiger partial charge in [-0.1, -0.05) is 36.3 Å². The monoisotopic (exact) mass is 392 g/mol. The minimum absolute atomic E-state index is 0.0354. The van der Waals surface area contributed by atoms with E-state index in [0.29, 0.717) is 12.8 Å². The number of ether oxygens (including phenoxy) is 1. The summed E-state index contributed by atoms with van der Waals surface area (Å²) in [5, 5.41) is 29.2. The third kappa shape index (κ3) is 7.74. The van der Waals surface area contributed by atoms with Gasteiger partial charge in [-0.2, -0.15) is 0 Å². The lowest BCUT2D eigenvalue weighted by atomic mass is 9.78. The maximum absolute atomic E-state index is 12.2. The number of hydrogen-bond donors (Lipinski definition) is 3. The lowest BCUT2D eigenvalue weighted by molar-refractivity contribution is -0.126. The quantitative estimate of drug-likeness (QED) is 0.496. The van der Waals surface area contributed by atoms with E-state index in [1.807, 2.05) is 13.8 Å². The minimum atomic E-state index is -0.675. The summed E-state index contributed by atoms with van der Waals surface area (Å²) in [6.45, 7) is 7.65. The molecule has 0 saturated carbocycles. The van der Waals surface area contributed by atoms with Gasteiger partial charge in [0.05, 0.1) is 25.9 Å². The number of aliphatic hydroxyl groups is 3. The molecule has 0 spiro atoms. The molecular formula is C23H36O5. The summed E-state index contributed by atoms with van der Waals surface area (Å²) in [7, 11) is 1.45. The fourth-order valence-corrected chi connectivity index (χ4v) is 3.43. The maximum atomic E-state index is 12.2. The third-order valence-corrected chi connectivity index (χ3v) is 5.31. The Hall–Kier alpha value is -1.69. The molecule has 0 aromatic carbocycles. The summed E-state index contributed by atoms with van der Waals surface area (Å²) >= 11 is 0. The number of allylic oxidation sites excluding steroid dienone is 4. The molecule has 28 heavy (non-hydrogen) atoms. The number of methoxy groups -OCH3 is 1. The predicted molar refractivity (Wildman–Crippen MR) is 112 cm³/mol. The van der Waals surface area contributed by atoms with Crippen molar-refractivity contribution < 1.29 is 24.9 Å². The van der Waals surface area contributed by atoms with Crippen molar-refractivity contribution in [1.29, 1.82) is 0 Å². The smallest absolute Gasteiger partial charge is 0.200 e. The Morgan fingerprint density at radius 3 is 2.50 bits per heavy atom. The summed E-state index contributed by atoms with van der Waals surface area (Å²) in [6, 6.07) is 0. The van der Waals surface area contributed by atoms with Crippen molar-refractivity contribution in [2.45, 2.75) is 65.6 Å². The predicted octanol–water partition coefficient (Wildman–Crippen LogP) is 3.47. The lowest BCUT2D eigenvalue weighted by Crippen LogP contribution is -2.36. The normalized spacial score (nSPS) is 25.6. The Kier molecular flexibility index (Phi) is 10.4. The van der Waals surface area contributed by atoms with E-state index in [-0.39, 0.29) is 30.0 Å². The summed E-state index contributed by atoms with van der Waals surface area (Å²) in [5.74, 6) is -0.191. The van der Waals surface area contributed by atoms with Gasteiger partial charge in [-0.25, -0.2) is 0 Å². The maximum Gasteiger partial charge on any atom is 0.200 e. The van der Waals surface area contributed by atoms with Crippen LogP contribution in [0.3, 0.4) is 0 Å². The van der Waals surface area contributed by atoms with Crippen LogP contribution in [0.1, 0.15) is 53.4 Å². The fraction of sp³-hybridized carbons (Fsp3) is 0.609. The molecule has 5 heteroatoms. The molecule has 4 unspecified atom stereocenters. The lowest BCUT2D eigenvalue weighted by Gasteiger charge is -2.30. The first-order valence-corrected chi connectivity index (χ1v) is 9.95. The van der Waals surface area contributed by atoms with E-state index >= 15 is 0 Å². The van der Waals surface area contributed by atoms with E-state index in [0.717, 1.165) is 24.0 Å². The summed E-state index contributed by atoms with van der Waals surface area (Å²) in [6.07, 6.45) is 9.16. The Labute approximate surface area is 169 Å². The zero-order valence-corrected chi connectivity index (χ0v) is 17.8. The molecule has 1 aliphatic rings. The van der Waals surface area contributed by atoms with Crippen LogP contribution in [0.4, 0.5) is 0 Å². The van der Waals surface area contributed by atoms with Gasteiger partial charge in [-0.05, 0) is 58.1 Å². The van der Waals surface area contributed by atoms with E-state index in [1.54, 1.807) is 13.0 Å². The van der Waals surface area contributed by atoms with Gasteiger partial charge in [0.15, 0.2) is 11.5 Å². The number of hydrogen-bond acceptors (Lipinski definition) is 5. The molecular weight excluding hydrogens is 356 g/mol. The van der Waals surface area contributed by atoms with E-state index < -0.39 is 12.2 Å². The zero-order valence-electron chi connectivity index (χ0n) is 17.8. The van der Waals surface area contributed by atoms with Crippen LogP contribution in [0.15, 0.2) is 46.8 Å². The minimum Gasteiger partial charge on any atom is -0.493 e. The molecule has 0 bridgehead atoms. The van der Waals surface area contributed by atoms with Crippen LogP contribution in [0.5, 0.6) is 0 Å². The van der Waals surface area contributed by atoms with Gasteiger partial charge in [-0.15, -0.1) is 0 Å². The van der Waals surface area contributed by atoms with Crippen LogP contribution < -0.4 is 0 Å². The number of Topliss-reactive ketones (excluding diaryl/α,β-unsaturated/α-hetero) is 1. The molecule has 4 atom stereocenters. The summed E-state index contributed by atoms with van der Waals surface area (Å²) < 4.78 is 5.04. The van der Waals surface area contributed by atoms with Crippen LogP contribution in [-0.4, -0.2) is 47.0 Å². The molecule has 0 saturated heterocycles. The molecule has 0 aliphatic heterocycles. The van der Waals surface area contributed by atoms with E-state index in [1.165, 1.54) is 18.8 Å². The highest BCUT2D eigenvalue weighted by molar-refractivity contribution is 5.96. The average Bonchev–Trinajstić information content (AvgIpc) is 2.64. The van der Waals surface area contributed by atoms with Gasteiger partial charge in [0.1, 0.15) is 0 Å². The highest BCUT2D eigenvalue weighted by Crippen LogP contribution is 2.30. The van der Waals surface area contributed by atoms with Gasteiger partial charge in [0, 0.05) is 11.8 Å². The highest BCUT2D eigenvalue weighted by atomic mass is 16.5. The van der Waals surface area contributed by atoms with Crippen molar-refractivity contribution in [3.63, 3.8) is 0 Å². The van der Waals surface area contributed by atoms with Crippen LogP contribution in [-0.2, 0) is 9.53 Å². The first kappa shape index (κ1) is 24.3. The van der Waals surface area contributed by atoms with Crippen molar-refractivity contribution in [1.82, 2.24) is 0 Å². The van der Waals surface area contributed by atoms with Gasteiger partial charge in [0.2, 0.25) is 0 Å². The number of carbonyl (C=O) groups is 1. The summed E-state index contributed by atoms with van der Waals surface area (Å²) in [4.78, 5) is 12.2. The molecule has 158 valence electrons. The molecule has 3 N–H and O–H groups in total. The van der Waals surface area contributed by atoms with Crippen molar-refractivity contribution in [2.75, 3.05) is 13.7 Å². The fourth-order valence-electron chi connectivity index (χ4n) is 3.43. The standard InChI is InChI=1S/C23H36O5/c1-15(7-6-8-16(2)11-19(25)12-17(3)14-24)9-10-20-18(4)23(27)22(28-5)13-21(20)26/h8-9,12-13,18-21,24-26H,6-7,10-11,14H2,1-5H3. The first-order chi connectivity index (χ1) is 13.2. The van der Waals surface area contributed by atoms with Crippen LogP contribution in [0.25, 0.3) is 0 Å². The van der Waals surface area contributed by atoms with Crippen molar-refractivity contribution in [2.24, 2.45) is 11.8 Å². The van der Waals surface area contributed by atoms with Gasteiger partial charge in [-0.3, -0.25) is 4.79 Å². The van der Waals surface area contributed by atoms with Crippen LogP contribution >= 0.6 is 0 Å². The Balaban J connectivity index is 2.53. The van der Waals surface area contributed by atoms with Crippen LogP contribution in [0.2, 0.25) is 0 Å². The van der Waals surface area contributed by atoms with Crippen LogP contribution in [0, 0.1) is 11.8 Å². The molecule has 0 radical (unpaired) electrons. The molecule has 0 aromatic rings. The molecule has 0 fully saturated rings. The second kappa shape index (κ2) is 12.0. The first-order valence-electron chi connectivity index (χ1n) is 9.95. The van der Waals surface area contributed by atoms with Gasteiger partial charge >= 0.3 is 0 Å². The molecule has 5 nitrogen and oxygen atoms in total. The SMILES string of the molecule is COC1=CC(O)C(CC=C(C)CCC=C(C)CC(O)C=C(C)CO)C(C)C1=O. The second-order valence-electron chi connectivity index (χ2n) is 7.86. The highest BCUT2D eigenvalue weighted by Gasteiger charge is 2.35. The molecule has 1 rings (SSSR count). The Morgan fingerprint density at radius 1 is 1.21 bits per heavy atom. The Morgan fingerprint density at radius 2 is 1.89 bits per heavy atom. The van der Waals surface area contributed by atoms with E-state index in [4.69, 9.17) is 9.84 Å². The Bertz CT molecular complexity index is 641. The number of carbonyl (C=O) groups excluding carboxylic acids is 1. The molecule has 0 amide bonds. The van der Waals surface area contributed by atoms with Gasteiger partial charge < -0.3 is 20.1 Å². The van der Waals surface area contributed by atoms with Gasteiger partial charge in [0.25, 0.3) is 0 Å². The number of rotatable bonds is 10. The second-order valence-corrected chi connectivity index (χ2v) is 7.86. The molecule has 1 aliphatic carbocycles.